The third-order valence-electron chi connectivity index (χ3n) is 2.39. The molecule has 0 amide bonds. The number of rotatable bonds is 7. The maximum absolute atomic E-state index is 13.6. The number of nitrogens with zero attached hydrogens (tertiary/aromatic N) is 1. The Morgan fingerprint density at radius 1 is 1.40 bits per heavy atom. The van der Waals surface area contributed by atoms with Crippen molar-refractivity contribution in [3.63, 3.8) is 0 Å². The Labute approximate surface area is 116 Å². The molecular weight excluding hydrogens is 267 g/mol. The van der Waals surface area contributed by atoms with Crippen molar-refractivity contribution < 1.29 is 23.5 Å². The molecule has 0 aliphatic rings. The summed E-state index contributed by atoms with van der Waals surface area (Å²) in [5.74, 6) is -2.01. The lowest BCUT2D eigenvalue weighted by Gasteiger charge is -2.11. The van der Waals surface area contributed by atoms with E-state index in [-0.39, 0.29) is 23.9 Å². The number of anilines is 1. The quantitative estimate of drug-likeness (QED) is 0.467. The van der Waals surface area contributed by atoms with Crippen LogP contribution in [0.5, 0.6) is 5.88 Å². The molecule has 1 aromatic heterocycles. The molecule has 0 aromatic carbocycles. The summed E-state index contributed by atoms with van der Waals surface area (Å²) in [7, 11) is 1.28. The number of esters is 1. The molecule has 6 nitrogen and oxygen atoms in total. The number of ether oxygens (including phenoxy) is 2. The van der Waals surface area contributed by atoms with Crippen LogP contribution in [0.3, 0.4) is 0 Å². The minimum atomic E-state index is -0.763. The zero-order valence-corrected chi connectivity index (χ0v) is 11.7. The topological polar surface area (TPSA) is 77.5 Å². The number of carbonyl (C=O) groups is 2. The van der Waals surface area contributed by atoms with Crippen LogP contribution >= 0.6 is 0 Å². The van der Waals surface area contributed by atoms with Crippen molar-refractivity contribution in [3.8, 4) is 5.88 Å². The van der Waals surface area contributed by atoms with Gasteiger partial charge in [-0.3, -0.25) is 9.59 Å². The Bertz CT molecular complexity index is 505. The fourth-order valence-electron chi connectivity index (χ4n) is 1.57. The molecule has 0 saturated carbocycles. The lowest BCUT2D eigenvalue weighted by molar-refractivity contribution is -0.141. The van der Waals surface area contributed by atoms with E-state index in [0.717, 1.165) is 6.07 Å². The molecule has 0 aliphatic carbocycles. The second-order valence-electron chi connectivity index (χ2n) is 3.81. The van der Waals surface area contributed by atoms with Gasteiger partial charge in [0.15, 0.2) is 11.6 Å². The Morgan fingerprint density at radius 3 is 2.65 bits per heavy atom. The first-order valence-electron chi connectivity index (χ1n) is 6.20. The summed E-state index contributed by atoms with van der Waals surface area (Å²) in [6, 6.07) is 1.01. The number of ketones is 1. The second kappa shape index (κ2) is 7.42. The first kappa shape index (κ1) is 15.9. The van der Waals surface area contributed by atoms with Gasteiger partial charge in [0, 0.05) is 6.54 Å². The van der Waals surface area contributed by atoms with Crippen LogP contribution in [0.1, 0.15) is 30.6 Å². The summed E-state index contributed by atoms with van der Waals surface area (Å²) in [5, 5.41) is 2.83. The minimum Gasteiger partial charge on any atom is -0.479 e. The lowest BCUT2D eigenvalue weighted by atomic mass is 10.1. The van der Waals surface area contributed by atoms with Gasteiger partial charge in [0.2, 0.25) is 0 Å². The van der Waals surface area contributed by atoms with Crippen molar-refractivity contribution in [1.29, 1.82) is 0 Å². The maximum atomic E-state index is 13.6. The number of Topliss-reactive ketones (excluding diaryl/α,β-unsaturated/α-hetero) is 1. The lowest BCUT2D eigenvalue weighted by Crippen LogP contribution is -2.15. The van der Waals surface area contributed by atoms with Gasteiger partial charge in [-0.15, -0.1) is 0 Å². The number of carbonyl (C=O) groups excluding carboxylic acids is 2. The number of pyridine rings is 1. The predicted octanol–water partition coefficient (Wildman–Crippen LogP) is 1.80. The molecule has 1 rings (SSSR count). The van der Waals surface area contributed by atoms with Gasteiger partial charge in [0.25, 0.3) is 5.88 Å². The first-order valence-corrected chi connectivity index (χ1v) is 6.20. The van der Waals surface area contributed by atoms with Crippen LogP contribution in [0, 0.1) is 5.82 Å². The number of nitrogens with one attached hydrogen (secondary N) is 1. The van der Waals surface area contributed by atoms with E-state index >= 15 is 0 Å². The van der Waals surface area contributed by atoms with Crippen molar-refractivity contribution in [2.45, 2.75) is 20.3 Å². The summed E-state index contributed by atoms with van der Waals surface area (Å²) in [5.41, 5.74) is -0.00166. The molecular formula is C13H17FN2O4. The molecule has 1 heterocycles. The van der Waals surface area contributed by atoms with E-state index in [9.17, 15) is 14.0 Å². The van der Waals surface area contributed by atoms with Crippen molar-refractivity contribution in [3.05, 3.63) is 17.4 Å². The summed E-state index contributed by atoms with van der Waals surface area (Å²) in [4.78, 5) is 27.2. The van der Waals surface area contributed by atoms with Gasteiger partial charge in [0.1, 0.15) is 12.2 Å². The Kier molecular flexibility index (Phi) is 5.89. The number of halogens is 1. The SMILES string of the molecule is CCNc1nc(OC)c(F)cc1C(=O)CC(=O)OCC. The Hall–Kier alpha value is -2.18. The normalized spacial score (nSPS) is 10.0. The summed E-state index contributed by atoms with van der Waals surface area (Å²) in [6.07, 6.45) is -0.459. The zero-order chi connectivity index (χ0) is 15.1. The molecule has 0 saturated heterocycles. The fraction of sp³-hybridized carbons (Fsp3) is 0.462. The van der Waals surface area contributed by atoms with E-state index in [0.29, 0.717) is 6.54 Å². The molecule has 1 N–H and O–H groups in total. The molecule has 0 atom stereocenters. The van der Waals surface area contributed by atoms with E-state index in [4.69, 9.17) is 4.74 Å². The number of hydrogen-bond acceptors (Lipinski definition) is 6. The molecule has 0 aliphatic heterocycles. The summed E-state index contributed by atoms with van der Waals surface area (Å²) >= 11 is 0. The van der Waals surface area contributed by atoms with E-state index in [1.165, 1.54) is 7.11 Å². The molecule has 0 bridgehead atoms. The standard InChI is InChI=1S/C13H17FN2O4/c1-4-15-12-8(6-9(14)13(16-12)19-3)10(17)7-11(18)20-5-2/h6H,4-5,7H2,1-3H3,(H,15,16). The number of aromatic nitrogens is 1. The van der Waals surface area contributed by atoms with Crippen LogP contribution in [0.15, 0.2) is 6.07 Å². The highest BCUT2D eigenvalue weighted by Gasteiger charge is 2.20. The van der Waals surface area contributed by atoms with Crippen LogP contribution in [0.25, 0.3) is 0 Å². The number of methoxy groups -OCH3 is 1. The fourth-order valence-corrected chi connectivity index (χ4v) is 1.57. The largest absolute Gasteiger partial charge is 0.479 e. The van der Waals surface area contributed by atoms with Gasteiger partial charge >= 0.3 is 5.97 Å². The molecule has 1 aromatic rings. The van der Waals surface area contributed by atoms with Gasteiger partial charge in [-0.1, -0.05) is 0 Å². The smallest absolute Gasteiger partial charge is 0.313 e. The van der Waals surface area contributed by atoms with Crippen molar-refractivity contribution in [1.82, 2.24) is 4.98 Å². The molecule has 0 unspecified atom stereocenters. The van der Waals surface area contributed by atoms with Gasteiger partial charge in [-0.05, 0) is 19.9 Å². The summed E-state index contributed by atoms with van der Waals surface area (Å²) in [6.45, 7) is 4.11. The molecule has 7 heteroatoms. The Morgan fingerprint density at radius 2 is 2.10 bits per heavy atom. The first-order chi connectivity index (χ1) is 9.53. The van der Waals surface area contributed by atoms with E-state index in [1.807, 2.05) is 0 Å². The van der Waals surface area contributed by atoms with Crippen molar-refractivity contribution in [2.75, 3.05) is 25.6 Å². The third kappa shape index (κ3) is 3.91. The van der Waals surface area contributed by atoms with Crippen LogP contribution in [-0.2, 0) is 9.53 Å². The minimum absolute atomic E-state index is 0.00166. The average molecular weight is 284 g/mol. The molecule has 0 spiro atoms. The van der Waals surface area contributed by atoms with E-state index in [1.54, 1.807) is 13.8 Å². The van der Waals surface area contributed by atoms with Crippen LogP contribution < -0.4 is 10.1 Å². The Balaban J connectivity index is 3.05. The monoisotopic (exact) mass is 284 g/mol. The van der Waals surface area contributed by atoms with Gasteiger partial charge in [-0.25, -0.2) is 4.39 Å². The third-order valence-corrected chi connectivity index (χ3v) is 2.39. The highest BCUT2D eigenvalue weighted by atomic mass is 19.1. The van der Waals surface area contributed by atoms with Crippen LogP contribution in [0.4, 0.5) is 10.2 Å². The predicted molar refractivity (Wildman–Crippen MR) is 70.5 cm³/mol. The molecule has 0 fully saturated rings. The van der Waals surface area contributed by atoms with Crippen molar-refractivity contribution in [2.24, 2.45) is 0 Å². The molecule has 20 heavy (non-hydrogen) atoms. The summed E-state index contributed by atoms with van der Waals surface area (Å²) < 4.78 is 23.1. The number of hydrogen-bond donors (Lipinski definition) is 1. The van der Waals surface area contributed by atoms with Gasteiger partial charge in [0.05, 0.1) is 19.3 Å². The van der Waals surface area contributed by atoms with Crippen LogP contribution in [0.2, 0.25) is 0 Å². The second-order valence-corrected chi connectivity index (χ2v) is 3.81. The molecule has 0 radical (unpaired) electrons. The van der Waals surface area contributed by atoms with Crippen LogP contribution in [-0.4, -0.2) is 37.0 Å². The highest BCUT2D eigenvalue weighted by molar-refractivity contribution is 6.08. The highest BCUT2D eigenvalue weighted by Crippen LogP contribution is 2.23. The average Bonchev–Trinajstić information content (AvgIpc) is 2.40. The van der Waals surface area contributed by atoms with E-state index in [2.05, 4.69) is 15.0 Å². The zero-order valence-electron chi connectivity index (χ0n) is 11.7. The van der Waals surface area contributed by atoms with E-state index < -0.39 is 24.0 Å². The van der Waals surface area contributed by atoms with Gasteiger partial charge < -0.3 is 14.8 Å². The molecule has 110 valence electrons. The van der Waals surface area contributed by atoms with Crippen molar-refractivity contribution >= 4 is 17.6 Å². The van der Waals surface area contributed by atoms with Gasteiger partial charge in [-0.2, -0.15) is 4.98 Å². The maximum Gasteiger partial charge on any atom is 0.313 e.